The molecule has 0 radical (unpaired) electrons. The number of anilines is 1. The van der Waals surface area contributed by atoms with Crippen molar-refractivity contribution in [3.8, 4) is 0 Å². The van der Waals surface area contributed by atoms with E-state index in [0.717, 1.165) is 62.6 Å². The number of aryl methyl sites for hydroxylation is 2. The fourth-order valence-electron chi connectivity index (χ4n) is 4.41. The van der Waals surface area contributed by atoms with Gasteiger partial charge in [0.2, 0.25) is 5.91 Å². The fraction of sp³-hybridized carbons (Fsp3) is 0.667. The molecule has 2 aliphatic rings. The Morgan fingerprint density at radius 3 is 2.48 bits per heavy atom. The average molecular weight is 387 g/mol. The molecule has 0 aromatic carbocycles. The number of nitrogens with zero attached hydrogens (tertiary/aromatic N) is 4. The second-order valence-electron chi connectivity index (χ2n) is 7.87. The normalized spacial score (nSPS) is 19.5. The van der Waals surface area contributed by atoms with Gasteiger partial charge in [-0.25, -0.2) is 9.97 Å². The third-order valence-electron chi connectivity index (χ3n) is 6.04. The molecule has 1 amide bonds. The van der Waals surface area contributed by atoms with Gasteiger partial charge in [0.25, 0.3) is 0 Å². The lowest BCUT2D eigenvalue weighted by Crippen LogP contribution is -2.43. The molecule has 0 aliphatic carbocycles. The zero-order valence-corrected chi connectivity index (χ0v) is 17.4. The molecule has 0 unspecified atom stereocenters. The molecular formula is C21H30N4OS. The number of carbonyl (C=O) groups excluding carboxylic acids is 1. The van der Waals surface area contributed by atoms with Crippen molar-refractivity contribution in [2.75, 3.05) is 31.1 Å². The highest BCUT2D eigenvalue weighted by Gasteiger charge is 2.30. The van der Waals surface area contributed by atoms with E-state index in [1.54, 1.807) is 11.3 Å². The predicted octanol–water partition coefficient (Wildman–Crippen LogP) is 4.18. The van der Waals surface area contributed by atoms with E-state index in [0.29, 0.717) is 5.91 Å². The average Bonchev–Trinajstić information content (AvgIpc) is 2.91. The first-order valence-electron chi connectivity index (χ1n) is 10.5. The Bertz CT molecular complexity index is 802. The summed E-state index contributed by atoms with van der Waals surface area (Å²) in [4.78, 5) is 28.3. The number of piperidine rings is 1. The quantitative estimate of drug-likeness (QED) is 0.794. The number of amides is 1. The summed E-state index contributed by atoms with van der Waals surface area (Å²) in [5.74, 6) is 2.57. The second-order valence-corrected chi connectivity index (χ2v) is 8.95. The summed E-state index contributed by atoms with van der Waals surface area (Å²) in [6.07, 6.45) is 7.59. The van der Waals surface area contributed by atoms with Gasteiger partial charge in [0.1, 0.15) is 11.6 Å². The fourth-order valence-corrected chi connectivity index (χ4v) is 5.19. The Balaban J connectivity index is 1.48. The van der Waals surface area contributed by atoms with E-state index in [9.17, 15) is 4.79 Å². The molecule has 2 saturated heterocycles. The number of thiophene rings is 1. The Kier molecular flexibility index (Phi) is 5.62. The van der Waals surface area contributed by atoms with Gasteiger partial charge in [-0.2, -0.15) is 0 Å². The summed E-state index contributed by atoms with van der Waals surface area (Å²) in [5, 5.41) is 3.35. The minimum Gasteiger partial charge on any atom is -0.356 e. The third-order valence-corrected chi connectivity index (χ3v) is 6.94. The van der Waals surface area contributed by atoms with Crippen LogP contribution in [-0.4, -0.2) is 47.0 Å². The number of hydrogen-bond acceptors (Lipinski definition) is 5. The van der Waals surface area contributed by atoms with Gasteiger partial charge >= 0.3 is 0 Å². The molecule has 6 heteroatoms. The van der Waals surface area contributed by atoms with Crippen LogP contribution in [0.3, 0.4) is 0 Å². The highest BCUT2D eigenvalue weighted by atomic mass is 32.1. The summed E-state index contributed by atoms with van der Waals surface area (Å²) < 4.78 is 0. The van der Waals surface area contributed by atoms with E-state index < -0.39 is 0 Å². The van der Waals surface area contributed by atoms with Crippen molar-refractivity contribution in [2.45, 2.75) is 58.8 Å². The second kappa shape index (κ2) is 8.13. The summed E-state index contributed by atoms with van der Waals surface area (Å²) in [6.45, 7) is 8.00. The first kappa shape index (κ1) is 18.7. The summed E-state index contributed by atoms with van der Waals surface area (Å²) in [6, 6.07) is 0. The summed E-state index contributed by atoms with van der Waals surface area (Å²) in [5.41, 5.74) is 1.07. The SMILES string of the molecule is CCc1nc(N2CCC(C(=O)N3CCCCCC3)CC2)c2c(C)scc2n1. The molecule has 2 aliphatic heterocycles. The number of rotatable bonds is 3. The highest BCUT2D eigenvalue weighted by Crippen LogP contribution is 2.34. The van der Waals surface area contributed by atoms with Gasteiger partial charge in [-0.1, -0.05) is 19.8 Å². The van der Waals surface area contributed by atoms with E-state index in [2.05, 4.69) is 29.0 Å². The zero-order chi connectivity index (χ0) is 18.8. The van der Waals surface area contributed by atoms with E-state index >= 15 is 0 Å². The molecule has 0 N–H and O–H groups in total. The van der Waals surface area contributed by atoms with E-state index in [1.807, 2.05) is 0 Å². The van der Waals surface area contributed by atoms with E-state index in [-0.39, 0.29) is 5.92 Å². The maximum absolute atomic E-state index is 13.0. The molecule has 5 nitrogen and oxygen atoms in total. The van der Waals surface area contributed by atoms with Gasteiger partial charge < -0.3 is 9.80 Å². The zero-order valence-electron chi connectivity index (χ0n) is 16.5. The lowest BCUT2D eigenvalue weighted by Gasteiger charge is -2.35. The van der Waals surface area contributed by atoms with Gasteiger partial charge in [-0.3, -0.25) is 4.79 Å². The maximum atomic E-state index is 13.0. The molecule has 27 heavy (non-hydrogen) atoms. The molecule has 4 heterocycles. The molecule has 2 fully saturated rings. The van der Waals surface area contributed by atoms with Crippen LogP contribution in [-0.2, 0) is 11.2 Å². The molecule has 4 rings (SSSR count). The van der Waals surface area contributed by atoms with Crippen LogP contribution < -0.4 is 4.90 Å². The first-order chi connectivity index (χ1) is 13.2. The summed E-state index contributed by atoms with van der Waals surface area (Å²) >= 11 is 1.75. The Labute approximate surface area is 165 Å². The van der Waals surface area contributed by atoms with Gasteiger partial charge in [-0.05, 0) is 32.6 Å². The molecule has 0 atom stereocenters. The van der Waals surface area contributed by atoms with E-state index in [1.165, 1.54) is 35.9 Å². The van der Waals surface area contributed by atoms with Crippen molar-refractivity contribution >= 4 is 34.0 Å². The van der Waals surface area contributed by atoms with Crippen LogP contribution in [0.1, 0.15) is 56.2 Å². The van der Waals surface area contributed by atoms with Crippen molar-refractivity contribution in [2.24, 2.45) is 5.92 Å². The number of aromatic nitrogens is 2. The van der Waals surface area contributed by atoms with E-state index in [4.69, 9.17) is 9.97 Å². The highest BCUT2D eigenvalue weighted by molar-refractivity contribution is 7.11. The van der Waals surface area contributed by atoms with Crippen LogP contribution in [0.25, 0.3) is 10.9 Å². The van der Waals surface area contributed by atoms with Gasteiger partial charge in [0.15, 0.2) is 0 Å². The van der Waals surface area contributed by atoms with Crippen LogP contribution in [0, 0.1) is 12.8 Å². The smallest absolute Gasteiger partial charge is 0.225 e. The summed E-state index contributed by atoms with van der Waals surface area (Å²) in [7, 11) is 0. The van der Waals surface area contributed by atoms with Gasteiger partial charge in [-0.15, -0.1) is 11.3 Å². The van der Waals surface area contributed by atoms with Crippen LogP contribution in [0.2, 0.25) is 0 Å². The Morgan fingerprint density at radius 2 is 1.81 bits per heavy atom. The number of likely N-dealkylation sites (tertiary alicyclic amines) is 1. The third kappa shape index (κ3) is 3.82. The minimum absolute atomic E-state index is 0.186. The number of carbonyl (C=O) groups is 1. The molecule has 146 valence electrons. The largest absolute Gasteiger partial charge is 0.356 e. The molecule has 0 spiro atoms. The van der Waals surface area contributed by atoms with Crippen molar-refractivity contribution in [1.82, 2.24) is 14.9 Å². The predicted molar refractivity (Wildman–Crippen MR) is 112 cm³/mol. The Morgan fingerprint density at radius 1 is 1.11 bits per heavy atom. The van der Waals surface area contributed by atoms with Crippen molar-refractivity contribution < 1.29 is 4.79 Å². The standard InChI is InChI=1S/C21H30N4OS/c1-3-18-22-17-14-27-15(2)19(17)20(23-18)24-12-8-16(9-13-24)21(26)25-10-6-4-5-7-11-25/h14,16H,3-13H2,1-2H3. The first-order valence-corrected chi connectivity index (χ1v) is 11.3. The van der Waals surface area contributed by atoms with Crippen LogP contribution in [0.5, 0.6) is 0 Å². The topological polar surface area (TPSA) is 49.3 Å². The lowest BCUT2D eigenvalue weighted by atomic mass is 9.95. The van der Waals surface area contributed by atoms with Crippen LogP contribution in [0.4, 0.5) is 5.82 Å². The molecular weight excluding hydrogens is 356 g/mol. The number of hydrogen-bond donors (Lipinski definition) is 0. The van der Waals surface area contributed by atoms with Gasteiger partial charge in [0.05, 0.1) is 10.9 Å². The molecule has 0 bridgehead atoms. The number of fused-ring (bicyclic) bond motifs is 1. The van der Waals surface area contributed by atoms with Crippen LogP contribution >= 0.6 is 11.3 Å². The maximum Gasteiger partial charge on any atom is 0.225 e. The van der Waals surface area contributed by atoms with Crippen molar-refractivity contribution in [3.63, 3.8) is 0 Å². The van der Waals surface area contributed by atoms with Crippen molar-refractivity contribution in [3.05, 3.63) is 16.1 Å². The monoisotopic (exact) mass is 386 g/mol. The van der Waals surface area contributed by atoms with Crippen LogP contribution in [0.15, 0.2) is 5.38 Å². The van der Waals surface area contributed by atoms with Crippen molar-refractivity contribution in [1.29, 1.82) is 0 Å². The molecule has 0 saturated carbocycles. The minimum atomic E-state index is 0.186. The van der Waals surface area contributed by atoms with Gasteiger partial charge in [0, 0.05) is 48.8 Å². The lowest BCUT2D eigenvalue weighted by molar-refractivity contribution is -0.136. The molecule has 2 aromatic heterocycles. The Hall–Kier alpha value is -1.69. The molecule has 2 aromatic rings.